The Kier molecular flexibility index (Phi) is 3.21. The third-order valence-electron chi connectivity index (χ3n) is 5.17. The maximum atomic E-state index is 10.3. The first kappa shape index (κ1) is 11.0. The van der Waals surface area contributed by atoms with Gasteiger partial charge >= 0.3 is 0 Å². The summed E-state index contributed by atoms with van der Waals surface area (Å²) in [6.45, 7) is 1.26. The lowest BCUT2D eigenvalue weighted by Crippen LogP contribution is -2.45. The summed E-state index contributed by atoms with van der Waals surface area (Å²) in [5, 5.41) is 10.3. The van der Waals surface area contributed by atoms with Gasteiger partial charge in [-0.1, -0.05) is 25.7 Å². The average Bonchev–Trinajstić information content (AvgIpc) is 2.80. The smallest absolute Gasteiger partial charge is 0.0695 e. The van der Waals surface area contributed by atoms with E-state index in [0.29, 0.717) is 6.04 Å². The number of aliphatic hydroxyl groups is 1. The van der Waals surface area contributed by atoms with Crippen molar-refractivity contribution in [1.82, 2.24) is 4.90 Å². The number of hydrogen-bond donors (Lipinski definition) is 1. The second-order valence-corrected chi connectivity index (χ2v) is 6.06. The van der Waals surface area contributed by atoms with Crippen molar-refractivity contribution in [1.29, 1.82) is 0 Å². The first-order valence-electron chi connectivity index (χ1n) is 7.30. The minimum atomic E-state index is -0.0400. The summed E-state index contributed by atoms with van der Waals surface area (Å²) < 4.78 is 0. The van der Waals surface area contributed by atoms with Crippen LogP contribution in [0.4, 0.5) is 0 Å². The molecule has 0 aromatic heterocycles. The first-order chi connectivity index (χ1) is 7.86. The van der Waals surface area contributed by atoms with Crippen LogP contribution in [0.15, 0.2) is 0 Å². The zero-order valence-corrected chi connectivity index (χ0v) is 10.3. The maximum Gasteiger partial charge on any atom is 0.0695 e. The van der Waals surface area contributed by atoms with Crippen molar-refractivity contribution < 1.29 is 5.11 Å². The summed E-state index contributed by atoms with van der Waals surface area (Å²) in [5.74, 6) is 0.968. The maximum absolute atomic E-state index is 10.3. The topological polar surface area (TPSA) is 23.5 Å². The monoisotopic (exact) mass is 223 g/mol. The minimum absolute atomic E-state index is 0.0400. The van der Waals surface area contributed by atoms with Crippen LogP contribution in [0.2, 0.25) is 0 Å². The van der Waals surface area contributed by atoms with E-state index in [1.54, 1.807) is 0 Å². The molecule has 0 spiro atoms. The molecule has 3 fully saturated rings. The molecule has 0 aromatic rings. The van der Waals surface area contributed by atoms with Crippen molar-refractivity contribution in [2.45, 2.75) is 76.0 Å². The van der Waals surface area contributed by atoms with E-state index in [0.717, 1.165) is 18.4 Å². The Bertz CT molecular complexity index is 243. The summed E-state index contributed by atoms with van der Waals surface area (Å²) in [5.41, 5.74) is 0. The zero-order chi connectivity index (χ0) is 11.0. The van der Waals surface area contributed by atoms with E-state index in [1.807, 2.05) is 0 Å². The minimum Gasteiger partial charge on any atom is -0.391 e. The van der Waals surface area contributed by atoms with Crippen LogP contribution < -0.4 is 0 Å². The Hall–Kier alpha value is -0.0800. The molecule has 2 saturated carbocycles. The molecule has 2 aliphatic carbocycles. The van der Waals surface area contributed by atoms with E-state index in [9.17, 15) is 5.11 Å². The number of aliphatic hydroxyl groups excluding tert-OH is 1. The predicted molar refractivity (Wildman–Crippen MR) is 65.3 cm³/mol. The number of nitrogens with zero attached hydrogens (tertiary/aromatic N) is 1. The number of likely N-dealkylation sites (tertiary alicyclic amines) is 1. The molecule has 2 nitrogen and oxygen atoms in total. The molecule has 0 unspecified atom stereocenters. The lowest BCUT2D eigenvalue weighted by molar-refractivity contribution is 0.0348. The highest BCUT2D eigenvalue weighted by Crippen LogP contribution is 2.40. The molecule has 0 aromatic carbocycles. The highest BCUT2D eigenvalue weighted by atomic mass is 16.3. The van der Waals surface area contributed by atoms with Crippen molar-refractivity contribution in [2.24, 2.45) is 5.92 Å². The van der Waals surface area contributed by atoms with E-state index in [4.69, 9.17) is 0 Å². The van der Waals surface area contributed by atoms with Crippen molar-refractivity contribution in [3.63, 3.8) is 0 Å². The lowest BCUT2D eigenvalue weighted by atomic mass is 10.0. The third-order valence-corrected chi connectivity index (χ3v) is 5.17. The van der Waals surface area contributed by atoms with Gasteiger partial charge < -0.3 is 5.11 Å². The molecule has 0 radical (unpaired) electrons. The van der Waals surface area contributed by atoms with Gasteiger partial charge in [-0.15, -0.1) is 0 Å². The molecule has 0 amide bonds. The standard InChI is InChI=1S/C14H25NO/c16-14-8-3-1-2-6-13(14)15-10-9-11-5-4-7-12(11)15/h11-14,16H,1-10H2/t11-,12-,13-,14-/m1/s1. The molecule has 16 heavy (non-hydrogen) atoms. The quantitative estimate of drug-likeness (QED) is 0.691. The van der Waals surface area contributed by atoms with Gasteiger partial charge in [-0.3, -0.25) is 4.90 Å². The van der Waals surface area contributed by atoms with Crippen LogP contribution in [0.25, 0.3) is 0 Å². The molecule has 92 valence electrons. The fraction of sp³-hybridized carbons (Fsp3) is 1.00. The Labute approximate surface area is 99.0 Å². The lowest BCUT2D eigenvalue weighted by Gasteiger charge is -2.35. The highest BCUT2D eigenvalue weighted by Gasteiger charge is 2.42. The van der Waals surface area contributed by atoms with Crippen LogP contribution in [0.3, 0.4) is 0 Å². The first-order valence-corrected chi connectivity index (χ1v) is 7.30. The fourth-order valence-corrected chi connectivity index (χ4v) is 4.34. The average molecular weight is 223 g/mol. The number of hydrogen-bond acceptors (Lipinski definition) is 2. The van der Waals surface area contributed by atoms with Gasteiger partial charge in [0.05, 0.1) is 6.10 Å². The van der Waals surface area contributed by atoms with E-state index in [1.165, 1.54) is 57.9 Å². The molecule has 4 atom stereocenters. The van der Waals surface area contributed by atoms with Crippen LogP contribution in [-0.2, 0) is 0 Å². The van der Waals surface area contributed by atoms with Crippen molar-refractivity contribution >= 4 is 0 Å². The van der Waals surface area contributed by atoms with Crippen molar-refractivity contribution in [3.8, 4) is 0 Å². The highest BCUT2D eigenvalue weighted by molar-refractivity contribution is 4.96. The Morgan fingerprint density at radius 2 is 1.56 bits per heavy atom. The summed E-state index contributed by atoms with van der Waals surface area (Å²) in [6, 6.07) is 1.33. The van der Waals surface area contributed by atoms with Crippen molar-refractivity contribution in [2.75, 3.05) is 6.54 Å². The van der Waals surface area contributed by atoms with E-state index in [2.05, 4.69) is 4.90 Å². The van der Waals surface area contributed by atoms with Gasteiger partial charge in [-0.05, 0) is 44.6 Å². The zero-order valence-electron chi connectivity index (χ0n) is 10.3. The van der Waals surface area contributed by atoms with Gasteiger partial charge in [-0.2, -0.15) is 0 Å². The Balaban J connectivity index is 1.70. The van der Waals surface area contributed by atoms with Crippen LogP contribution in [-0.4, -0.2) is 34.7 Å². The molecule has 1 heterocycles. The summed E-state index contributed by atoms with van der Waals surface area (Å²) >= 11 is 0. The van der Waals surface area contributed by atoms with Crippen LogP contribution in [0, 0.1) is 5.92 Å². The van der Waals surface area contributed by atoms with Gasteiger partial charge in [0.25, 0.3) is 0 Å². The summed E-state index contributed by atoms with van der Waals surface area (Å²) in [6.07, 6.45) is 11.8. The molecule has 1 saturated heterocycles. The van der Waals surface area contributed by atoms with Gasteiger partial charge in [0, 0.05) is 12.1 Å². The van der Waals surface area contributed by atoms with Crippen molar-refractivity contribution in [3.05, 3.63) is 0 Å². The van der Waals surface area contributed by atoms with Gasteiger partial charge in [0.15, 0.2) is 0 Å². The van der Waals surface area contributed by atoms with Gasteiger partial charge in [0.2, 0.25) is 0 Å². The molecule has 3 rings (SSSR count). The molecule has 1 aliphatic heterocycles. The van der Waals surface area contributed by atoms with Gasteiger partial charge in [0.1, 0.15) is 0 Å². The van der Waals surface area contributed by atoms with Gasteiger partial charge in [-0.25, -0.2) is 0 Å². The predicted octanol–water partition coefficient (Wildman–Crippen LogP) is 2.55. The molecule has 0 bridgehead atoms. The largest absolute Gasteiger partial charge is 0.391 e. The van der Waals surface area contributed by atoms with Crippen LogP contribution in [0.1, 0.15) is 57.8 Å². The number of rotatable bonds is 1. The fourth-order valence-electron chi connectivity index (χ4n) is 4.34. The van der Waals surface area contributed by atoms with E-state index in [-0.39, 0.29) is 6.10 Å². The Morgan fingerprint density at radius 1 is 0.750 bits per heavy atom. The summed E-state index contributed by atoms with van der Waals surface area (Å²) in [4.78, 5) is 2.69. The second-order valence-electron chi connectivity index (χ2n) is 6.06. The molecule has 1 N–H and O–H groups in total. The number of fused-ring (bicyclic) bond motifs is 1. The molecule has 3 aliphatic rings. The molecular weight excluding hydrogens is 198 g/mol. The Morgan fingerprint density at radius 3 is 2.50 bits per heavy atom. The third kappa shape index (κ3) is 1.91. The molecular formula is C14H25NO. The van der Waals surface area contributed by atoms with E-state index >= 15 is 0 Å². The SMILES string of the molecule is O[C@@H]1CCCCC[C@H]1N1CC[C@H]2CCC[C@H]21. The van der Waals surface area contributed by atoms with Crippen LogP contribution in [0.5, 0.6) is 0 Å². The van der Waals surface area contributed by atoms with Crippen LogP contribution >= 0.6 is 0 Å². The van der Waals surface area contributed by atoms with E-state index < -0.39 is 0 Å². The second kappa shape index (κ2) is 4.66. The summed E-state index contributed by atoms with van der Waals surface area (Å²) in [7, 11) is 0. The normalized spacial score (nSPS) is 45.6. The molecule has 2 heteroatoms.